The zero-order chi connectivity index (χ0) is 12.1. The summed E-state index contributed by atoms with van der Waals surface area (Å²) in [6.07, 6.45) is 4.21. The van der Waals surface area contributed by atoms with E-state index in [1.807, 2.05) is 12.1 Å². The van der Waals surface area contributed by atoms with Crippen molar-refractivity contribution >= 4 is 5.69 Å². The number of hydrogen-bond acceptors (Lipinski definition) is 2. The average molecular weight is 234 g/mol. The van der Waals surface area contributed by atoms with Gasteiger partial charge in [0.15, 0.2) is 0 Å². The Kier molecular flexibility index (Phi) is 3.65. The van der Waals surface area contributed by atoms with Crippen LogP contribution in [-0.4, -0.2) is 11.5 Å². The lowest BCUT2D eigenvalue weighted by Gasteiger charge is -2.07. The first-order valence-corrected chi connectivity index (χ1v) is 5.33. The zero-order valence-corrected chi connectivity index (χ0v) is 9.16. The van der Waals surface area contributed by atoms with E-state index in [4.69, 9.17) is 0 Å². The molecular formula is C13H12F2N2. The second-order valence-corrected chi connectivity index (χ2v) is 3.66. The lowest BCUT2D eigenvalue weighted by molar-refractivity contribution is 0.585. The second kappa shape index (κ2) is 5.39. The standard InChI is InChI=1S/C13H12F2N2/c14-11-3-4-13(12(15)8-11)17-7-5-10-2-1-6-16-9-10/h1-4,6,8-9,17H,5,7H2. The number of nitrogens with zero attached hydrogens (tertiary/aromatic N) is 1. The molecule has 0 aliphatic heterocycles. The van der Waals surface area contributed by atoms with Crippen LogP contribution in [0.5, 0.6) is 0 Å². The largest absolute Gasteiger partial charge is 0.382 e. The Morgan fingerprint density at radius 2 is 2.06 bits per heavy atom. The van der Waals surface area contributed by atoms with Crippen LogP contribution in [0.2, 0.25) is 0 Å². The van der Waals surface area contributed by atoms with E-state index < -0.39 is 11.6 Å². The van der Waals surface area contributed by atoms with Gasteiger partial charge >= 0.3 is 0 Å². The quantitative estimate of drug-likeness (QED) is 0.879. The van der Waals surface area contributed by atoms with Gasteiger partial charge in [-0.15, -0.1) is 0 Å². The Morgan fingerprint density at radius 1 is 1.18 bits per heavy atom. The normalized spacial score (nSPS) is 10.2. The van der Waals surface area contributed by atoms with Gasteiger partial charge in [0.05, 0.1) is 5.69 Å². The molecule has 1 aromatic heterocycles. The highest BCUT2D eigenvalue weighted by Crippen LogP contribution is 2.14. The van der Waals surface area contributed by atoms with Crippen molar-refractivity contribution in [2.75, 3.05) is 11.9 Å². The third-order valence-corrected chi connectivity index (χ3v) is 2.38. The van der Waals surface area contributed by atoms with Crippen molar-refractivity contribution in [3.8, 4) is 0 Å². The van der Waals surface area contributed by atoms with Gasteiger partial charge in [-0.3, -0.25) is 4.98 Å². The smallest absolute Gasteiger partial charge is 0.149 e. The molecule has 0 saturated carbocycles. The van der Waals surface area contributed by atoms with Gasteiger partial charge in [-0.25, -0.2) is 8.78 Å². The molecule has 0 saturated heterocycles. The Labute approximate surface area is 98.3 Å². The Bertz CT molecular complexity index is 486. The molecule has 0 fully saturated rings. The zero-order valence-electron chi connectivity index (χ0n) is 9.16. The van der Waals surface area contributed by atoms with Gasteiger partial charge < -0.3 is 5.32 Å². The van der Waals surface area contributed by atoms with Gasteiger partial charge in [0.25, 0.3) is 0 Å². The van der Waals surface area contributed by atoms with Crippen LogP contribution in [0.25, 0.3) is 0 Å². The fraction of sp³-hybridized carbons (Fsp3) is 0.154. The monoisotopic (exact) mass is 234 g/mol. The van der Waals surface area contributed by atoms with Crippen molar-refractivity contribution < 1.29 is 8.78 Å². The van der Waals surface area contributed by atoms with Crippen LogP contribution >= 0.6 is 0 Å². The van der Waals surface area contributed by atoms with Crippen LogP contribution in [0.4, 0.5) is 14.5 Å². The summed E-state index contributed by atoms with van der Waals surface area (Å²) in [5.74, 6) is -1.14. The van der Waals surface area contributed by atoms with Gasteiger partial charge in [-0.1, -0.05) is 6.07 Å². The molecule has 1 heterocycles. The van der Waals surface area contributed by atoms with Crippen molar-refractivity contribution in [3.05, 3.63) is 59.9 Å². The van der Waals surface area contributed by atoms with E-state index in [0.29, 0.717) is 12.2 Å². The molecule has 0 spiro atoms. The number of anilines is 1. The summed E-state index contributed by atoms with van der Waals surface area (Å²) < 4.78 is 25.9. The van der Waals surface area contributed by atoms with Crippen LogP contribution in [0.1, 0.15) is 5.56 Å². The maximum atomic E-state index is 13.3. The molecule has 0 unspecified atom stereocenters. The van der Waals surface area contributed by atoms with Gasteiger partial charge in [0, 0.05) is 25.0 Å². The number of nitrogens with one attached hydrogen (secondary N) is 1. The van der Waals surface area contributed by atoms with Gasteiger partial charge in [-0.2, -0.15) is 0 Å². The van der Waals surface area contributed by atoms with Crippen LogP contribution in [-0.2, 0) is 6.42 Å². The third-order valence-electron chi connectivity index (χ3n) is 2.38. The second-order valence-electron chi connectivity index (χ2n) is 3.66. The maximum absolute atomic E-state index is 13.3. The first-order chi connectivity index (χ1) is 8.25. The summed E-state index contributed by atoms with van der Waals surface area (Å²) in [6.45, 7) is 0.578. The van der Waals surface area contributed by atoms with Gasteiger partial charge in [-0.05, 0) is 30.2 Å². The van der Waals surface area contributed by atoms with Crippen molar-refractivity contribution in [2.45, 2.75) is 6.42 Å². The first-order valence-electron chi connectivity index (χ1n) is 5.33. The van der Waals surface area contributed by atoms with Crippen LogP contribution in [0.3, 0.4) is 0 Å². The Morgan fingerprint density at radius 3 is 2.76 bits per heavy atom. The number of halogens is 2. The average Bonchev–Trinajstić information content (AvgIpc) is 2.33. The highest BCUT2D eigenvalue weighted by atomic mass is 19.1. The minimum Gasteiger partial charge on any atom is -0.382 e. The molecule has 2 nitrogen and oxygen atoms in total. The Hall–Kier alpha value is -1.97. The fourth-order valence-corrected chi connectivity index (χ4v) is 1.52. The molecule has 0 aliphatic rings. The molecule has 2 aromatic rings. The molecule has 0 atom stereocenters. The van der Waals surface area contributed by atoms with Crippen molar-refractivity contribution in [1.29, 1.82) is 0 Å². The van der Waals surface area contributed by atoms with Crippen molar-refractivity contribution in [1.82, 2.24) is 4.98 Å². The van der Waals surface area contributed by atoms with E-state index in [-0.39, 0.29) is 0 Å². The van der Waals surface area contributed by atoms with E-state index in [0.717, 1.165) is 18.1 Å². The molecule has 4 heteroatoms. The van der Waals surface area contributed by atoms with E-state index in [1.165, 1.54) is 12.1 Å². The predicted octanol–water partition coefficient (Wildman–Crippen LogP) is 3.01. The van der Waals surface area contributed by atoms with E-state index in [1.54, 1.807) is 12.4 Å². The summed E-state index contributed by atoms with van der Waals surface area (Å²) in [7, 11) is 0. The molecule has 0 bridgehead atoms. The molecule has 1 N–H and O–H groups in total. The predicted molar refractivity (Wildman–Crippen MR) is 62.8 cm³/mol. The lowest BCUT2D eigenvalue weighted by Crippen LogP contribution is -2.06. The van der Waals surface area contributed by atoms with E-state index in [2.05, 4.69) is 10.3 Å². The number of pyridine rings is 1. The third kappa shape index (κ3) is 3.24. The summed E-state index contributed by atoms with van der Waals surface area (Å²) in [5.41, 5.74) is 1.39. The van der Waals surface area contributed by atoms with Gasteiger partial charge in [0.1, 0.15) is 11.6 Å². The number of aromatic nitrogens is 1. The minimum absolute atomic E-state index is 0.315. The van der Waals surface area contributed by atoms with Crippen molar-refractivity contribution in [3.63, 3.8) is 0 Å². The molecule has 0 radical (unpaired) electrons. The van der Waals surface area contributed by atoms with E-state index in [9.17, 15) is 8.78 Å². The SMILES string of the molecule is Fc1ccc(NCCc2cccnc2)c(F)c1. The highest BCUT2D eigenvalue weighted by molar-refractivity contribution is 5.44. The summed E-state index contributed by atoms with van der Waals surface area (Å²) >= 11 is 0. The first kappa shape index (κ1) is 11.5. The number of rotatable bonds is 4. The van der Waals surface area contributed by atoms with Crippen LogP contribution in [0, 0.1) is 11.6 Å². The Balaban J connectivity index is 1.90. The summed E-state index contributed by atoms with van der Waals surface area (Å²) in [4.78, 5) is 3.99. The van der Waals surface area contributed by atoms with Crippen molar-refractivity contribution in [2.24, 2.45) is 0 Å². The van der Waals surface area contributed by atoms with Crippen LogP contribution in [0.15, 0.2) is 42.7 Å². The molecular weight excluding hydrogens is 222 g/mol. The lowest BCUT2D eigenvalue weighted by atomic mass is 10.2. The molecule has 2 rings (SSSR count). The number of hydrogen-bond donors (Lipinski definition) is 1. The minimum atomic E-state index is -0.573. The number of benzene rings is 1. The fourth-order valence-electron chi connectivity index (χ4n) is 1.52. The molecule has 0 amide bonds. The highest BCUT2D eigenvalue weighted by Gasteiger charge is 2.02. The van der Waals surface area contributed by atoms with Crippen LogP contribution < -0.4 is 5.32 Å². The topological polar surface area (TPSA) is 24.9 Å². The maximum Gasteiger partial charge on any atom is 0.149 e. The van der Waals surface area contributed by atoms with Gasteiger partial charge in [0.2, 0.25) is 0 Å². The molecule has 17 heavy (non-hydrogen) atoms. The summed E-state index contributed by atoms with van der Waals surface area (Å²) in [5, 5.41) is 2.92. The summed E-state index contributed by atoms with van der Waals surface area (Å²) in [6, 6.07) is 7.30. The van der Waals surface area contributed by atoms with E-state index >= 15 is 0 Å². The molecule has 88 valence electrons. The molecule has 0 aliphatic carbocycles. The molecule has 1 aromatic carbocycles.